The Hall–Kier alpha value is -2.56. The van der Waals surface area contributed by atoms with Gasteiger partial charge in [-0.2, -0.15) is 5.26 Å². The van der Waals surface area contributed by atoms with E-state index >= 15 is 0 Å². The normalized spacial score (nSPS) is 11.7. The Morgan fingerprint density at radius 3 is 2.88 bits per heavy atom. The van der Waals surface area contributed by atoms with Gasteiger partial charge in [-0.05, 0) is 46.7 Å². The highest BCUT2D eigenvalue weighted by molar-refractivity contribution is 9.10. The number of rotatable bonds is 5. The third-order valence-electron chi connectivity index (χ3n) is 3.61. The molecule has 2 heterocycles. The minimum absolute atomic E-state index is 0.0321. The number of ketones is 1. The lowest BCUT2D eigenvalue weighted by atomic mass is 9.98. The molecule has 0 aliphatic carbocycles. The van der Waals surface area contributed by atoms with Crippen LogP contribution < -0.4 is 5.32 Å². The second kappa shape index (κ2) is 7.55. The SMILES string of the molecule is N#CC(C(=O)Cc1csc2ccc(Br)cc12)C(=O)Nc1ccccn1. The zero-order chi connectivity index (χ0) is 17.8. The summed E-state index contributed by atoms with van der Waals surface area (Å²) in [6.45, 7) is 0. The van der Waals surface area contributed by atoms with Crippen molar-refractivity contribution in [3.8, 4) is 6.07 Å². The van der Waals surface area contributed by atoms with Crippen LogP contribution in [-0.4, -0.2) is 16.7 Å². The number of hydrogen-bond donors (Lipinski definition) is 1. The van der Waals surface area contributed by atoms with Gasteiger partial charge in [-0.1, -0.05) is 22.0 Å². The first-order valence-corrected chi connectivity index (χ1v) is 9.05. The molecule has 1 N–H and O–H groups in total. The van der Waals surface area contributed by atoms with E-state index in [2.05, 4.69) is 26.2 Å². The number of Topliss-reactive ketones (excluding diaryl/α,β-unsaturated/α-hetero) is 1. The Balaban J connectivity index is 1.77. The molecule has 1 unspecified atom stereocenters. The monoisotopic (exact) mass is 413 g/mol. The molecule has 7 heteroatoms. The standard InChI is InChI=1S/C18H12BrN3O2S/c19-12-4-5-16-13(8-12)11(10-25-16)7-15(23)14(9-20)18(24)22-17-3-1-2-6-21-17/h1-6,8,10,14H,7H2,(H,21,22,24). The number of aromatic nitrogens is 1. The van der Waals surface area contributed by atoms with E-state index in [9.17, 15) is 14.9 Å². The smallest absolute Gasteiger partial charge is 0.250 e. The van der Waals surface area contributed by atoms with Gasteiger partial charge in [0, 0.05) is 21.8 Å². The number of benzene rings is 1. The molecule has 0 saturated heterocycles. The average molecular weight is 414 g/mol. The van der Waals surface area contributed by atoms with Crippen LogP contribution in [0.5, 0.6) is 0 Å². The molecule has 2 aromatic heterocycles. The third-order valence-corrected chi connectivity index (χ3v) is 5.12. The van der Waals surface area contributed by atoms with Crippen LogP contribution in [0.2, 0.25) is 0 Å². The highest BCUT2D eigenvalue weighted by Crippen LogP contribution is 2.29. The number of carbonyl (C=O) groups excluding carboxylic acids is 2. The number of carbonyl (C=O) groups is 2. The van der Waals surface area contributed by atoms with Gasteiger partial charge in [-0.15, -0.1) is 11.3 Å². The fourth-order valence-electron chi connectivity index (χ4n) is 2.39. The van der Waals surface area contributed by atoms with Crippen LogP contribution in [0.15, 0.2) is 52.4 Å². The predicted molar refractivity (Wildman–Crippen MR) is 100 cm³/mol. The molecule has 0 saturated carbocycles. The minimum atomic E-state index is -1.37. The number of anilines is 1. The molecule has 0 spiro atoms. The Bertz CT molecular complexity index is 979. The van der Waals surface area contributed by atoms with Crippen molar-refractivity contribution in [3.05, 3.63) is 58.0 Å². The van der Waals surface area contributed by atoms with Crippen molar-refractivity contribution in [1.29, 1.82) is 5.26 Å². The number of nitrogens with zero attached hydrogens (tertiary/aromatic N) is 2. The molecule has 3 aromatic rings. The number of nitriles is 1. The summed E-state index contributed by atoms with van der Waals surface area (Å²) in [6, 6.07) is 12.7. The number of pyridine rings is 1. The van der Waals surface area contributed by atoms with Crippen LogP contribution in [-0.2, 0) is 16.0 Å². The topological polar surface area (TPSA) is 82.8 Å². The molecule has 0 aliphatic heterocycles. The number of fused-ring (bicyclic) bond motifs is 1. The summed E-state index contributed by atoms with van der Waals surface area (Å²) in [5, 5.41) is 14.6. The van der Waals surface area contributed by atoms with Gasteiger partial charge >= 0.3 is 0 Å². The van der Waals surface area contributed by atoms with Gasteiger partial charge in [-0.3, -0.25) is 9.59 Å². The molecular weight excluding hydrogens is 402 g/mol. The molecule has 0 fully saturated rings. The number of halogens is 1. The van der Waals surface area contributed by atoms with Gasteiger partial charge in [0.15, 0.2) is 11.7 Å². The molecule has 1 atom stereocenters. The molecule has 124 valence electrons. The van der Waals surface area contributed by atoms with Crippen molar-refractivity contribution in [2.24, 2.45) is 5.92 Å². The van der Waals surface area contributed by atoms with Gasteiger partial charge in [0.05, 0.1) is 6.07 Å². The van der Waals surface area contributed by atoms with Gasteiger partial charge in [0.2, 0.25) is 0 Å². The van der Waals surface area contributed by atoms with E-state index in [-0.39, 0.29) is 6.42 Å². The van der Waals surface area contributed by atoms with Crippen LogP contribution in [0, 0.1) is 17.2 Å². The summed E-state index contributed by atoms with van der Waals surface area (Å²) in [5.41, 5.74) is 0.817. The molecule has 1 aromatic carbocycles. The van der Waals surface area contributed by atoms with E-state index in [0.29, 0.717) is 5.82 Å². The van der Waals surface area contributed by atoms with E-state index in [1.54, 1.807) is 24.3 Å². The van der Waals surface area contributed by atoms with Crippen molar-refractivity contribution in [2.45, 2.75) is 6.42 Å². The van der Waals surface area contributed by atoms with Crippen molar-refractivity contribution in [3.63, 3.8) is 0 Å². The van der Waals surface area contributed by atoms with Gasteiger partial charge in [-0.25, -0.2) is 4.98 Å². The van der Waals surface area contributed by atoms with Gasteiger partial charge in [0.1, 0.15) is 5.82 Å². The van der Waals surface area contributed by atoms with Gasteiger partial charge in [0.25, 0.3) is 5.91 Å². The molecule has 0 radical (unpaired) electrons. The summed E-state index contributed by atoms with van der Waals surface area (Å²) in [6.07, 6.45) is 1.55. The average Bonchev–Trinajstić information content (AvgIpc) is 2.98. The van der Waals surface area contributed by atoms with Crippen LogP contribution in [0.25, 0.3) is 10.1 Å². The molecule has 5 nitrogen and oxygen atoms in total. The Morgan fingerprint density at radius 1 is 1.32 bits per heavy atom. The Labute approximate surface area is 156 Å². The zero-order valence-electron chi connectivity index (χ0n) is 12.9. The fourth-order valence-corrected chi connectivity index (χ4v) is 3.70. The van der Waals surface area contributed by atoms with Crippen LogP contribution in [0.1, 0.15) is 5.56 Å². The lowest BCUT2D eigenvalue weighted by Crippen LogP contribution is -2.29. The second-order valence-electron chi connectivity index (χ2n) is 5.31. The largest absolute Gasteiger partial charge is 0.309 e. The Kier molecular flexibility index (Phi) is 5.22. The predicted octanol–water partition coefficient (Wildman–Crippen LogP) is 3.95. The van der Waals surface area contributed by atoms with Crippen molar-refractivity contribution in [1.82, 2.24) is 4.98 Å². The van der Waals surface area contributed by atoms with E-state index in [0.717, 1.165) is 20.1 Å². The van der Waals surface area contributed by atoms with Crippen molar-refractivity contribution < 1.29 is 9.59 Å². The van der Waals surface area contributed by atoms with E-state index < -0.39 is 17.6 Å². The highest BCUT2D eigenvalue weighted by atomic mass is 79.9. The highest BCUT2D eigenvalue weighted by Gasteiger charge is 2.27. The molecule has 3 rings (SSSR count). The van der Waals surface area contributed by atoms with E-state index in [4.69, 9.17) is 0 Å². The first-order chi connectivity index (χ1) is 12.1. The minimum Gasteiger partial charge on any atom is -0.309 e. The van der Waals surface area contributed by atoms with Crippen molar-refractivity contribution >= 4 is 54.9 Å². The zero-order valence-corrected chi connectivity index (χ0v) is 15.3. The maximum Gasteiger partial charge on any atom is 0.250 e. The lowest BCUT2D eigenvalue weighted by Gasteiger charge is -2.09. The summed E-state index contributed by atoms with van der Waals surface area (Å²) >= 11 is 4.95. The summed E-state index contributed by atoms with van der Waals surface area (Å²) in [5.74, 6) is -2.16. The molecule has 0 aliphatic rings. The first-order valence-electron chi connectivity index (χ1n) is 7.38. The fraction of sp³-hybridized carbons (Fsp3) is 0.111. The van der Waals surface area contributed by atoms with E-state index in [1.807, 2.05) is 23.6 Å². The van der Waals surface area contributed by atoms with Crippen molar-refractivity contribution in [2.75, 3.05) is 5.32 Å². The first kappa shape index (κ1) is 17.3. The summed E-state index contributed by atoms with van der Waals surface area (Å²) in [4.78, 5) is 28.7. The number of nitrogens with one attached hydrogen (secondary N) is 1. The molecule has 0 bridgehead atoms. The summed E-state index contributed by atoms with van der Waals surface area (Å²) in [7, 11) is 0. The van der Waals surface area contributed by atoms with Crippen LogP contribution in [0.3, 0.4) is 0 Å². The van der Waals surface area contributed by atoms with E-state index in [1.165, 1.54) is 17.5 Å². The van der Waals surface area contributed by atoms with Crippen LogP contribution >= 0.6 is 27.3 Å². The van der Waals surface area contributed by atoms with Gasteiger partial charge < -0.3 is 5.32 Å². The number of amides is 1. The quantitative estimate of drug-likeness (QED) is 0.641. The maximum absolute atomic E-state index is 12.5. The second-order valence-corrected chi connectivity index (χ2v) is 7.14. The lowest BCUT2D eigenvalue weighted by molar-refractivity contribution is -0.128. The van der Waals surface area contributed by atoms with Crippen LogP contribution in [0.4, 0.5) is 5.82 Å². The number of hydrogen-bond acceptors (Lipinski definition) is 5. The molecule has 25 heavy (non-hydrogen) atoms. The Morgan fingerprint density at radius 2 is 2.16 bits per heavy atom. The maximum atomic E-state index is 12.5. The third kappa shape index (κ3) is 3.92. The summed E-state index contributed by atoms with van der Waals surface area (Å²) < 4.78 is 1.97. The number of thiophene rings is 1. The molecular formula is C18H12BrN3O2S. The molecule has 1 amide bonds.